The Hall–Kier alpha value is -1.29. The van der Waals surface area contributed by atoms with Gasteiger partial charge in [0.15, 0.2) is 0 Å². The molecule has 0 heterocycles. The van der Waals surface area contributed by atoms with Gasteiger partial charge in [-0.25, -0.2) is 4.39 Å². The molecule has 2 nitrogen and oxygen atoms in total. The number of halogens is 3. The van der Waals surface area contributed by atoms with Crippen molar-refractivity contribution in [2.45, 2.75) is 25.8 Å². The van der Waals surface area contributed by atoms with E-state index in [0.717, 1.165) is 12.0 Å². The minimum atomic E-state index is -0.410. The SMILES string of the molecule is CCC(N)Cc1c(Cl)cccc1Oc1ccc(F)cc1Cl. The average molecular weight is 328 g/mol. The summed E-state index contributed by atoms with van der Waals surface area (Å²) < 4.78 is 18.9. The second-order valence-corrected chi connectivity index (χ2v) is 5.58. The van der Waals surface area contributed by atoms with E-state index in [2.05, 4.69) is 0 Å². The second-order valence-electron chi connectivity index (χ2n) is 4.77. The van der Waals surface area contributed by atoms with Gasteiger partial charge in [0.2, 0.25) is 0 Å². The molecule has 0 amide bonds. The molecule has 21 heavy (non-hydrogen) atoms. The highest BCUT2D eigenvalue weighted by atomic mass is 35.5. The van der Waals surface area contributed by atoms with Gasteiger partial charge in [-0.1, -0.05) is 36.2 Å². The Morgan fingerprint density at radius 1 is 1.14 bits per heavy atom. The second kappa shape index (κ2) is 7.12. The monoisotopic (exact) mass is 327 g/mol. The summed E-state index contributed by atoms with van der Waals surface area (Å²) in [4.78, 5) is 0. The van der Waals surface area contributed by atoms with E-state index in [-0.39, 0.29) is 11.1 Å². The quantitative estimate of drug-likeness (QED) is 0.818. The minimum Gasteiger partial charge on any atom is -0.455 e. The molecule has 0 saturated carbocycles. The van der Waals surface area contributed by atoms with E-state index < -0.39 is 5.82 Å². The molecular weight excluding hydrogens is 312 g/mol. The van der Waals surface area contributed by atoms with Crippen molar-refractivity contribution in [3.05, 3.63) is 57.8 Å². The number of nitrogens with two attached hydrogens (primary N) is 1. The lowest BCUT2D eigenvalue weighted by molar-refractivity contribution is 0.470. The number of rotatable bonds is 5. The molecule has 0 bridgehead atoms. The van der Waals surface area contributed by atoms with Crippen molar-refractivity contribution in [2.75, 3.05) is 0 Å². The third kappa shape index (κ3) is 4.10. The standard InChI is InChI=1S/C16H16Cl2FNO/c1-2-11(20)9-12-13(17)4-3-5-15(12)21-16-7-6-10(19)8-14(16)18/h3-8,11H,2,9,20H2,1H3. The Morgan fingerprint density at radius 3 is 2.57 bits per heavy atom. The highest BCUT2D eigenvalue weighted by Crippen LogP contribution is 2.35. The molecular formula is C16H16Cl2FNO. The molecule has 0 radical (unpaired) electrons. The molecule has 1 atom stereocenters. The summed E-state index contributed by atoms with van der Waals surface area (Å²) in [5, 5.41) is 0.801. The van der Waals surface area contributed by atoms with Crippen molar-refractivity contribution in [2.24, 2.45) is 5.73 Å². The average Bonchev–Trinajstić information content (AvgIpc) is 2.45. The minimum absolute atomic E-state index is 0.00376. The van der Waals surface area contributed by atoms with Crippen molar-refractivity contribution in [3.8, 4) is 11.5 Å². The molecule has 0 saturated heterocycles. The molecule has 2 rings (SSSR count). The van der Waals surface area contributed by atoms with Gasteiger partial charge in [-0.05, 0) is 43.2 Å². The Kier molecular flexibility index (Phi) is 5.45. The first-order valence-corrected chi connectivity index (χ1v) is 7.42. The predicted octanol–water partition coefficient (Wildman–Crippen LogP) is 5.20. The summed E-state index contributed by atoms with van der Waals surface area (Å²) in [6.45, 7) is 2.01. The summed E-state index contributed by atoms with van der Waals surface area (Å²) in [6, 6.07) is 9.36. The molecule has 0 aliphatic carbocycles. The molecule has 2 N–H and O–H groups in total. The van der Waals surface area contributed by atoms with Gasteiger partial charge in [-0.3, -0.25) is 0 Å². The first-order valence-electron chi connectivity index (χ1n) is 6.67. The molecule has 0 aliphatic rings. The lowest BCUT2D eigenvalue weighted by Gasteiger charge is -2.16. The normalized spacial score (nSPS) is 12.2. The first-order chi connectivity index (χ1) is 10.0. The van der Waals surface area contributed by atoms with Crippen LogP contribution in [0.15, 0.2) is 36.4 Å². The summed E-state index contributed by atoms with van der Waals surface area (Å²) >= 11 is 12.2. The zero-order chi connectivity index (χ0) is 15.4. The van der Waals surface area contributed by atoms with E-state index in [0.29, 0.717) is 22.9 Å². The highest BCUT2D eigenvalue weighted by Gasteiger charge is 2.14. The third-order valence-electron chi connectivity index (χ3n) is 3.18. The largest absolute Gasteiger partial charge is 0.455 e. The Labute approximate surface area is 133 Å². The molecule has 5 heteroatoms. The zero-order valence-electron chi connectivity index (χ0n) is 11.6. The van der Waals surface area contributed by atoms with Crippen LogP contribution in [0.3, 0.4) is 0 Å². The van der Waals surface area contributed by atoms with Gasteiger partial charge >= 0.3 is 0 Å². The molecule has 0 aliphatic heterocycles. The fourth-order valence-corrected chi connectivity index (χ4v) is 2.36. The lowest BCUT2D eigenvalue weighted by atomic mass is 10.0. The van der Waals surface area contributed by atoms with Crippen molar-refractivity contribution < 1.29 is 9.13 Å². The zero-order valence-corrected chi connectivity index (χ0v) is 13.1. The van der Waals surface area contributed by atoms with Gasteiger partial charge in [-0.15, -0.1) is 0 Å². The smallest absolute Gasteiger partial charge is 0.146 e. The molecule has 0 aromatic heterocycles. The van der Waals surface area contributed by atoms with Gasteiger partial charge in [0.25, 0.3) is 0 Å². The van der Waals surface area contributed by atoms with E-state index in [1.807, 2.05) is 6.92 Å². The van der Waals surface area contributed by atoms with Crippen LogP contribution in [-0.4, -0.2) is 6.04 Å². The molecule has 112 valence electrons. The van der Waals surface area contributed by atoms with Crippen LogP contribution in [0.2, 0.25) is 10.0 Å². The summed E-state index contributed by atoms with van der Waals surface area (Å²) in [6.07, 6.45) is 1.44. The van der Waals surface area contributed by atoms with Crippen molar-refractivity contribution >= 4 is 23.2 Å². The fourth-order valence-electron chi connectivity index (χ4n) is 1.92. The summed E-state index contributed by atoms with van der Waals surface area (Å²) in [5.74, 6) is 0.554. The van der Waals surface area contributed by atoms with E-state index >= 15 is 0 Å². The maximum Gasteiger partial charge on any atom is 0.146 e. The number of hydrogen-bond donors (Lipinski definition) is 1. The van der Waals surface area contributed by atoms with Crippen LogP contribution in [0.1, 0.15) is 18.9 Å². The Bertz CT molecular complexity index is 634. The molecule has 0 spiro atoms. The van der Waals surface area contributed by atoms with Gasteiger partial charge in [0.1, 0.15) is 17.3 Å². The van der Waals surface area contributed by atoms with Crippen LogP contribution in [-0.2, 0) is 6.42 Å². The Balaban J connectivity index is 2.33. The fraction of sp³-hybridized carbons (Fsp3) is 0.250. The lowest BCUT2D eigenvalue weighted by Crippen LogP contribution is -2.21. The Morgan fingerprint density at radius 2 is 1.90 bits per heavy atom. The maximum atomic E-state index is 13.1. The molecule has 2 aromatic rings. The molecule has 2 aromatic carbocycles. The third-order valence-corrected chi connectivity index (χ3v) is 3.83. The maximum absolute atomic E-state index is 13.1. The van der Waals surface area contributed by atoms with Crippen molar-refractivity contribution in [1.29, 1.82) is 0 Å². The van der Waals surface area contributed by atoms with E-state index in [9.17, 15) is 4.39 Å². The number of benzene rings is 2. The van der Waals surface area contributed by atoms with Crippen LogP contribution >= 0.6 is 23.2 Å². The van der Waals surface area contributed by atoms with Crippen LogP contribution in [0.5, 0.6) is 11.5 Å². The summed E-state index contributed by atoms with van der Waals surface area (Å²) in [7, 11) is 0. The van der Waals surface area contributed by atoms with Crippen LogP contribution in [0.25, 0.3) is 0 Å². The van der Waals surface area contributed by atoms with Gasteiger partial charge in [0, 0.05) is 16.6 Å². The van der Waals surface area contributed by atoms with Gasteiger partial charge < -0.3 is 10.5 Å². The topological polar surface area (TPSA) is 35.2 Å². The van der Waals surface area contributed by atoms with Crippen LogP contribution in [0.4, 0.5) is 4.39 Å². The molecule has 1 unspecified atom stereocenters. The van der Waals surface area contributed by atoms with Gasteiger partial charge in [-0.2, -0.15) is 0 Å². The van der Waals surface area contributed by atoms with E-state index in [4.69, 9.17) is 33.7 Å². The molecule has 0 fully saturated rings. The van der Waals surface area contributed by atoms with Crippen LogP contribution < -0.4 is 10.5 Å². The van der Waals surface area contributed by atoms with Crippen LogP contribution in [0, 0.1) is 5.82 Å². The summed E-state index contributed by atoms with van der Waals surface area (Å²) in [5.41, 5.74) is 6.82. The van der Waals surface area contributed by atoms with E-state index in [1.165, 1.54) is 18.2 Å². The highest BCUT2D eigenvalue weighted by molar-refractivity contribution is 6.32. The number of ether oxygens (including phenoxy) is 1. The van der Waals surface area contributed by atoms with Crippen molar-refractivity contribution in [3.63, 3.8) is 0 Å². The number of hydrogen-bond acceptors (Lipinski definition) is 2. The first kappa shape index (κ1) is 16.1. The van der Waals surface area contributed by atoms with E-state index in [1.54, 1.807) is 18.2 Å². The predicted molar refractivity (Wildman–Crippen MR) is 84.9 cm³/mol. The van der Waals surface area contributed by atoms with Gasteiger partial charge in [0.05, 0.1) is 5.02 Å². The van der Waals surface area contributed by atoms with Crippen molar-refractivity contribution in [1.82, 2.24) is 0 Å².